The molecule has 1 heterocycles. The van der Waals surface area contributed by atoms with Crippen LogP contribution in [0.1, 0.15) is 15.9 Å². The van der Waals surface area contributed by atoms with Crippen LogP contribution in [0.3, 0.4) is 0 Å². The van der Waals surface area contributed by atoms with Crippen molar-refractivity contribution in [2.24, 2.45) is 0 Å². The molecule has 0 bridgehead atoms. The number of carbonyl (C=O) groups excluding carboxylic acids is 1. The molecule has 1 nitrogen and oxygen atoms in total. The summed E-state index contributed by atoms with van der Waals surface area (Å²) in [7, 11) is 0. The number of halogens is 4. The molecule has 0 aliphatic carbocycles. The molecule has 0 atom stereocenters. The van der Waals surface area contributed by atoms with E-state index in [-0.39, 0.29) is 5.78 Å². The number of hydrogen-bond donors (Lipinski definition) is 0. The summed E-state index contributed by atoms with van der Waals surface area (Å²) < 4.78 is 1.67. The van der Waals surface area contributed by atoms with Gasteiger partial charge >= 0.3 is 0 Å². The Labute approximate surface area is 125 Å². The molecular formula is C11H4BrCl3OS. The van der Waals surface area contributed by atoms with E-state index in [1.807, 2.05) is 0 Å². The Bertz CT molecular complexity index is 594. The summed E-state index contributed by atoms with van der Waals surface area (Å²) in [5.41, 5.74) is 0.789. The Hall–Kier alpha value is -0.0600. The van der Waals surface area contributed by atoms with Crippen molar-refractivity contribution >= 4 is 67.9 Å². The maximum absolute atomic E-state index is 12.2. The van der Waals surface area contributed by atoms with Gasteiger partial charge in [0, 0.05) is 10.0 Å². The summed E-state index contributed by atoms with van der Waals surface area (Å²) >= 11 is 22.2. The molecule has 2 rings (SSSR count). The maximum atomic E-state index is 12.2. The van der Waals surface area contributed by atoms with Crippen LogP contribution in [0, 0.1) is 0 Å². The van der Waals surface area contributed by atoms with Gasteiger partial charge in [-0.05, 0) is 24.3 Å². The number of benzene rings is 1. The minimum Gasteiger partial charge on any atom is -0.288 e. The Morgan fingerprint density at radius 2 is 1.82 bits per heavy atom. The first-order chi connectivity index (χ1) is 7.99. The van der Waals surface area contributed by atoms with Crippen LogP contribution in [0.4, 0.5) is 0 Å². The van der Waals surface area contributed by atoms with Crippen molar-refractivity contribution in [2.75, 3.05) is 0 Å². The van der Waals surface area contributed by atoms with Gasteiger partial charge in [0.2, 0.25) is 0 Å². The maximum Gasteiger partial charge on any atom is 0.196 e. The van der Waals surface area contributed by atoms with Gasteiger partial charge in [0.15, 0.2) is 5.78 Å². The van der Waals surface area contributed by atoms with Crippen LogP contribution >= 0.6 is 62.1 Å². The number of carbonyl (C=O) groups is 1. The van der Waals surface area contributed by atoms with Gasteiger partial charge in [0.05, 0.1) is 14.9 Å². The molecule has 17 heavy (non-hydrogen) atoms. The van der Waals surface area contributed by atoms with E-state index in [1.54, 1.807) is 24.3 Å². The average Bonchev–Trinajstić information content (AvgIpc) is 2.57. The fourth-order valence-corrected chi connectivity index (χ4v) is 3.53. The summed E-state index contributed by atoms with van der Waals surface area (Å²) in [5.74, 6) is -0.226. The highest BCUT2D eigenvalue weighted by Crippen LogP contribution is 2.34. The normalized spacial score (nSPS) is 10.6. The quantitative estimate of drug-likeness (QED) is 0.620. The zero-order chi connectivity index (χ0) is 12.6. The monoisotopic (exact) mass is 368 g/mol. The Morgan fingerprint density at radius 3 is 2.35 bits per heavy atom. The van der Waals surface area contributed by atoms with E-state index in [4.69, 9.17) is 34.8 Å². The van der Waals surface area contributed by atoms with Gasteiger partial charge < -0.3 is 0 Å². The summed E-state index contributed by atoms with van der Waals surface area (Å²) in [6.45, 7) is 0. The molecule has 0 aliphatic heterocycles. The molecule has 0 spiro atoms. The molecule has 1 aromatic carbocycles. The summed E-state index contributed by atoms with van der Waals surface area (Å²) in [6.07, 6.45) is 0. The molecule has 2 aromatic rings. The topological polar surface area (TPSA) is 17.1 Å². The highest BCUT2D eigenvalue weighted by molar-refractivity contribution is 9.10. The van der Waals surface area contributed by atoms with Crippen molar-refractivity contribution < 1.29 is 4.79 Å². The smallest absolute Gasteiger partial charge is 0.196 e. The lowest BCUT2D eigenvalue weighted by atomic mass is 10.1. The van der Waals surface area contributed by atoms with Crippen molar-refractivity contribution in [1.82, 2.24) is 0 Å². The fourth-order valence-electron chi connectivity index (χ4n) is 1.31. The third-order valence-electron chi connectivity index (χ3n) is 2.08. The minimum atomic E-state index is -0.226. The predicted molar refractivity (Wildman–Crippen MR) is 76.9 cm³/mol. The van der Waals surface area contributed by atoms with Crippen LogP contribution in [-0.2, 0) is 0 Å². The van der Waals surface area contributed by atoms with E-state index in [0.29, 0.717) is 24.8 Å². The van der Waals surface area contributed by atoms with Gasteiger partial charge in [-0.3, -0.25) is 4.79 Å². The third kappa shape index (κ3) is 2.85. The lowest BCUT2D eigenvalue weighted by Gasteiger charge is -2.02. The van der Waals surface area contributed by atoms with Gasteiger partial charge in [0.1, 0.15) is 4.34 Å². The van der Waals surface area contributed by atoms with Gasteiger partial charge in [-0.2, -0.15) is 0 Å². The van der Waals surface area contributed by atoms with Crippen molar-refractivity contribution in [1.29, 1.82) is 0 Å². The second kappa shape index (κ2) is 5.29. The zero-order valence-electron chi connectivity index (χ0n) is 8.14. The fraction of sp³-hybridized carbons (Fsp3) is 0. The summed E-state index contributed by atoms with van der Waals surface area (Å²) in [6, 6.07) is 6.61. The van der Waals surface area contributed by atoms with E-state index in [1.165, 1.54) is 0 Å². The lowest BCUT2D eigenvalue weighted by molar-refractivity contribution is 0.103. The second-order valence-corrected chi connectivity index (χ2v) is 6.80. The van der Waals surface area contributed by atoms with Crippen molar-refractivity contribution in [3.8, 4) is 0 Å². The molecule has 0 fully saturated rings. The van der Waals surface area contributed by atoms with Gasteiger partial charge in [0.25, 0.3) is 0 Å². The van der Waals surface area contributed by atoms with Crippen LogP contribution in [0.5, 0.6) is 0 Å². The van der Waals surface area contributed by atoms with Crippen LogP contribution in [0.15, 0.2) is 28.7 Å². The average molecular weight is 370 g/mol. The molecule has 0 unspecified atom stereocenters. The molecule has 0 saturated carbocycles. The van der Waals surface area contributed by atoms with Gasteiger partial charge in [-0.15, -0.1) is 11.3 Å². The first kappa shape index (κ1) is 13.4. The molecule has 0 N–H and O–H groups in total. The first-order valence-corrected chi connectivity index (χ1v) is 7.18. The summed E-state index contributed by atoms with van der Waals surface area (Å²) in [5, 5.41) is 0.378. The van der Waals surface area contributed by atoms with E-state index in [9.17, 15) is 4.79 Å². The van der Waals surface area contributed by atoms with Crippen LogP contribution in [-0.4, -0.2) is 5.78 Å². The van der Waals surface area contributed by atoms with Gasteiger partial charge in [-0.1, -0.05) is 50.7 Å². The van der Waals surface area contributed by atoms with E-state index in [0.717, 1.165) is 15.8 Å². The zero-order valence-corrected chi connectivity index (χ0v) is 12.8. The molecular weight excluding hydrogens is 366 g/mol. The highest BCUT2D eigenvalue weighted by atomic mass is 79.9. The molecule has 1 aromatic heterocycles. The summed E-state index contributed by atoms with van der Waals surface area (Å²) in [4.78, 5) is 12.2. The van der Waals surface area contributed by atoms with E-state index >= 15 is 0 Å². The second-order valence-electron chi connectivity index (χ2n) is 3.19. The van der Waals surface area contributed by atoms with E-state index < -0.39 is 0 Å². The van der Waals surface area contributed by atoms with Crippen LogP contribution < -0.4 is 0 Å². The standard InChI is InChI=1S/C11H4BrCl3OS/c12-5-1-2-6(8(13)3-5)10(16)7-4-9(14)17-11(7)15/h1-4H. The molecule has 0 amide bonds. The highest BCUT2D eigenvalue weighted by Gasteiger charge is 2.18. The molecule has 0 saturated heterocycles. The predicted octanol–water partition coefficient (Wildman–Crippen LogP) is 5.70. The van der Waals surface area contributed by atoms with Crippen molar-refractivity contribution in [3.05, 3.63) is 53.6 Å². The Balaban J connectivity index is 2.47. The Morgan fingerprint density at radius 1 is 1.12 bits per heavy atom. The third-order valence-corrected chi connectivity index (χ3v) is 4.37. The van der Waals surface area contributed by atoms with Crippen LogP contribution in [0.25, 0.3) is 0 Å². The first-order valence-electron chi connectivity index (χ1n) is 4.43. The Kier molecular flexibility index (Phi) is 4.16. The number of ketones is 1. The van der Waals surface area contributed by atoms with Crippen LogP contribution in [0.2, 0.25) is 13.7 Å². The largest absolute Gasteiger partial charge is 0.288 e. The molecule has 0 aliphatic rings. The number of hydrogen-bond acceptors (Lipinski definition) is 2. The van der Waals surface area contributed by atoms with Gasteiger partial charge in [-0.25, -0.2) is 0 Å². The van der Waals surface area contributed by atoms with Crippen molar-refractivity contribution in [2.45, 2.75) is 0 Å². The lowest BCUT2D eigenvalue weighted by Crippen LogP contribution is -2.01. The van der Waals surface area contributed by atoms with E-state index in [2.05, 4.69) is 15.9 Å². The van der Waals surface area contributed by atoms with Crippen molar-refractivity contribution in [3.63, 3.8) is 0 Å². The molecule has 0 radical (unpaired) electrons. The molecule has 6 heteroatoms. The minimum absolute atomic E-state index is 0.226. The SMILES string of the molecule is O=C(c1ccc(Br)cc1Cl)c1cc(Cl)sc1Cl. The number of rotatable bonds is 2. The molecule has 88 valence electrons. The number of thiophene rings is 1.